The second kappa shape index (κ2) is 3.92. The predicted octanol–water partition coefficient (Wildman–Crippen LogP) is 0.457. The Morgan fingerprint density at radius 3 is 3.08 bits per heavy atom. The minimum absolute atomic E-state index is 0.00898. The molecule has 0 spiro atoms. The van der Waals surface area contributed by atoms with Gasteiger partial charge >= 0.3 is 0 Å². The molecule has 4 heteroatoms. The third kappa shape index (κ3) is 2.10. The van der Waals surface area contributed by atoms with Crippen molar-refractivity contribution in [2.24, 2.45) is 0 Å². The van der Waals surface area contributed by atoms with E-state index in [4.69, 9.17) is 10.8 Å². The maximum atomic E-state index is 8.77. The summed E-state index contributed by atoms with van der Waals surface area (Å²) in [5.41, 5.74) is 7.02. The number of aliphatic hydroxyl groups is 1. The number of aliphatic hydroxyl groups excluding tert-OH is 1. The number of nitrogens with zero attached hydrogens (tertiary/aromatic N) is 1. The van der Waals surface area contributed by atoms with Gasteiger partial charge in [0.25, 0.3) is 0 Å². The van der Waals surface area contributed by atoms with Crippen molar-refractivity contribution in [2.45, 2.75) is 13.0 Å². The van der Waals surface area contributed by atoms with Gasteiger partial charge in [-0.05, 0) is 13.0 Å². The second-order valence-corrected chi connectivity index (χ2v) is 2.69. The highest BCUT2D eigenvalue weighted by atomic mass is 16.3. The van der Waals surface area contributed by atoms with Crippen LogP contribution in [0.4, 0.5) is 11.4 Å². The van der Waals surface area contributed by atoms with Crippen LogP contribution in [0.3, 0.4) is 0 Å². The zero-order chi connectivity index (χ0) is 8.97. The number of nitrogens with one attached hydrogen (secondary N) is 1. The van der Waals surface area contributed by atoms with E-state index in [0.717, 1.165) is 5.69 Å². The van der Waals surface area contributed by atoms with Crippen molar-refractivity contribution in [3.05, 3.63) is 18.5 Å². The van der Waals surface area contributed by atoms with Crippen LogP contribution < -0.4 is 11.1 Å². The van der Waals surface area contributed by atoms with Gasteiger partial charge in [-0.3, -0.25) is 4.98 Å². The lowest BCUT2D eigenvalue weighted by molar-refractivity contribution is 0.281. The van der Waals surface area contributed by atoms with Crippen LogP contribution >= 0.6 is 0 Å². The van der Waals surface area contributed by atoms with Crippen LogP contribution in [0.1, 0.15) is 6.92 Å². The third-order valence-electron chi connectivity index (χ3n) is 1.53. The Balaban J connectivity index is 2.69. The number of anilines is 2. The van der Waals surface area contributed by atoms with E-state index in [1.807, 2.05) is 6.92 Å². The summed E-state index contributed by atoms with van der Waals surface area (Å²) in [7, 11) is 0. The van der Waals surface area contributed by atoms with Crippen LogP contribution in [0, 0.1) is 0 Å². The van der Waals surface area contributed by atoms with Gasteiger partial charge in [0.2, 0.25) is 0 Å². The third-order valence-corrected chi connectivity index (χ3v) is 1.53. The van der Waals surface area contributed by atoms with Gasteiger partial charge in [0.1, 0.15) is 0 Å². The quantitative estimate of drug-likeness (QED) is 0.611. The molecule has 0 radical (unpaired) electrons. The number of nitrogens with two attached hydrogens (primary N) is 1. The molecule has 66 valence electrons. The fourth-order valence-electron chi connectivity index (χ4n) is 0.849. The molecule has 0 aliphatic carbocycles. The average molecular weight is 167 g/mol. The van der Waals surface area contributed by atoms with Crippen LogP contribution in [0.5, 0.6) is 0 Å². The molecule has 1 unspecified atom stereocenters. The average Bonchev–Trinajstić information content (AvgIpc) is 2.09. The smallest absolute Gasteiger partial charge is 0.0736 e. The summed E-state index contributed by atoms with van der Waals surface area (Å²) in [6, 6.07) is 1.79. The van der Waals surface area contributed by atoms with Crippen molar-refractivity contribution in [1.82, 2.24) is 4.98 Å². The van der Waals surface area contributed by atoms with E-state index in [-0.39, 0.29) is 12.6 Å². The SMILES string of the molecule is CC(CO)Nc1ccncc1N. The Morgan fingerprint density at radius 1 is 1.75 bits per heavy atom. The highest BCUT2D eigenvalue weighted by Crippen LogP contribution is 2.15. The van der Waals surface area contributed by atoms with Crippen molar-refractivity contribution < 1.29 is 5.11 Å². The van der Waals surface area contributed by atoms with Gasteiger partial charge in [0, 0.05) is 12.2 Å². The molecular weight excluding hydrogens is 154 g/mol. The molecule has 4 N–H and O–H groups in total. The summed E-state index contributed by atoms with van der Waals surface area (Å²) in [6.45, 7) is 1.96. The minimum Gasteiger partial charge on any atom is -0.396 e. The number of aromatic nitrogens is 1. The van der Waals surface area contributed by atoms with E-state index in [9.17, 15) is 0 Å². The Hall–Kier alpha value is -1.29. The first-order valence-corrected chi connectivity index (χ1v) is 3.81. The predicted molar refractivity (Wildman–Crippen MR) is 48.8 cm³/mol. The first-order chi connectivity index (χ1) is 5.74. The first kappa shape index (κ1) is 8.80. The van der Waals surface area contributed by atoms with Gasteiger partial charge in [-0.1, -0.05) is 0 Å². The maximum absolute atomic E-state index is 8.77. The summed E-state index contributed by atoms with van der Waals surface area (Å²) in [5.74, 6) is 0. The van der Waals surface area contributed by atoms with E-state index in [2.05, 4.69) is 10.3 Å². The van der Waals surface area contributed by atoms with Crippen molar-refractivity contribution in [3.8, 4) is 0 Å². The molecule has 1 heterocycles. The first-order valence-electron chi connectivity index (χ1n) is 3.81. The number of hydrogen-bond acceptors (Lipinski definition) is 4. The fourth-order valence-corrected chi connectivity index (χ4v) is 0.849. The molecule has 1 atom stereocenters. The van der Waals surface area contributed by atoms with Crippen molar-refractivity contribution in [2.75, 3.05) is 17.7 Å². The molecule has 0 amide bonds. The van der Waals surface area contributed by atoms with Crippen LogP contribution in [0.15, 0.2) is 18.5 Å². The topological polar surface area (TPSA) is 71.2 Å². The Morgan fingerprint density at radius 2 is 2.50 bits per heavy atom. The second-order valence-electron chi connectivity index (χ2n) is 2.69. The van der Waals surface area contributed by atoms with E-state index in [1.165, 1.54) is 0 Å². The van der Waals surface area contributed by atoms with E-state index in [1.54, 1.807) is 18.5 Å². The molecule has 0 aromatic carbocycles. The summed E-state index contributed by atoms with van der Waals surface area (Å²) in [4.78, 5) is 3.85. The molecular formula is C8H13N3O. The van der Waals surface area contributed by atoms with E-state index >= 15 is 0 Å². The van der Waals surface area contributed by atoms with Gasteiger partial charge < -0.3 is 16.2 Å². The molecule has 1 rings (SSSR count). The largest absolute Gasteiger partial charge is 0.396 e. The molecule has 0 aliphatic rings. The molecule has 0 bridgehead atoms. The van der Waals surface area contributed by atoms with Crippen molar-refractivity contribution >= 4 is 11.4 Å². The lowest BCUT2D eigenvalue weighted by Crippen LogP contribution is -2.19. The van der Waals surface area contributed by atoms with Crippen molar-refractivity contribution in [1.29, 1.82) is 0 Å². The zero-order valence-electron chi connectivity index (χ0n) is 6.99. The summed E-state index contributed by atoms with van der Waals surface area (Å²) >= 11 is 0. The number of nitrogen functional groups attached to an aromatic ring is 1. The van der Waals surface area contributed by atoms with Gasteiger partial charge in [-0.15, -0.1) is 0 Å². The number of rotatable bonds is 3. The Bertz CT molecular complexity index is 252. The van der Waals surface area contributed by atoms with Crippen LogP contribution in [0.2, 0.25) is 0 Å². The molecule has 1 aromatic rings. The molecule has 4 nitrogen and oxygen atoms in total. The Labute approximate surface area is 71.4 Å². The van der Waals surface area contributed by atoms with E-state index in [0.29, 0.717) is 5.69 Å². The number of hydrogen-bond donors (Lipinski definition) is 3. The standard InChI is InChI=1S/C8H13N3O/c1-6(5-12)11-8-2-3-10-4-7(8)9/h2-4,6,12H,5,9H2,1H3,(H,10,11). The molecule has 0 saturated heterocycles. The summed E-state index contributed by atoms with van der Waals surface area (Å²) in [5, 5.41) is 11.8. The molecule has 0 saturated carbocycles. The van der Waals surface area contributed by atoms with Crippen molar-refractivity contribution in [3.63, 3.8) is 0 Å². The fraction of sp³-hybridized carbons (Fsp3) is 0.375. The summed E-state index contributed by atoms with van der Waals surface area (Å²) < 4.78 is 0. The summed E-state index contributed by atoms with van der Waals surface area (Å²) in [6.07, 6.45) is 3.23. The monoisotopic (exact) mass is 167 g/mol. The highest BCUT2D eigenvalue weighted by molar-refractivity contribution is 5.64. The minimum atomic E-state index is 0.00898. The van der Waals surface area contributed by atoms with Crippen LogP contribution in [-0.2, 0) is 0 Å². The maximum Gasteiger partial charge on any atom is 0.0736 e. The lowest BCUT2D eigenvalue weighted by Gasteiger charge is -2.13. The van der Waals surface area contributed by atoms with E-state index < -0.39 is 0 Å². The Kier molecular flexibility index (Phi) is 2.88. The van der Waals surface area contributed by atoms with Gasteiger partial charge in [0.15, 0.2) is 0 Å². The van der Waals surface area contributed by atoms with Gasteiger partial charge in [-0.25, -0.2) is 0 Å². The van der Waals surface area contributed by atoms with Gasteiger partial charge in [-0.2, -0.15) is 0 Å². The zero-order valence-corrected chi connectivity index (χ0v) is 6.99. The number of pyridine rings is 1. The van der Waals surface area contributed by atoms with Gasteiger partial charge in [0.05, 0.1) is 24.2 Å². The lowest BCUT2D eigenvalue weighted by atomic mass is 10.3. The normalized spacial score (nSPS) is 12.5. The molecule has 12 heavy (non-hydrogen) atoms. The highest BCUT2D eigenvalue weighted by Gasteiger charge is 2.01. The van der Waals surface area contributed by atoms with Crippen LogP contribution in [-0.4, -0.2) is 22.7 Å². The molecule has 1 aromatic heterocycles. The molecule has 0 fully saturated rings. The van der Waals surface area contributed by atoms with Crippen LogP contribution in [0.25, 0.3) is 0 Å². The molecule has 0 aliphatic heterocycles.